The van der Waals surface area contributed by atoms with Crippen LogP contribution < -0.4 is 0 Å². The van der Waals surface area contributed by atoms with E-state index in [1.165, 1.54) is 0 Å². The Kier molecular flexibility index (Phi) is 25.5. The van der Waals surface area contributed by atoms with Crippen molar-refractivity contribution in [1.29, 1.82) is 0 Å². The van der Waals surface area contributed by atoms with Crippen LogP contribution in [0, 0.1) is 17.3 Å². The third-order valence-electron chi connectivity index (χ3n) is 18.8. The molecule has 13 nitrogen and oxygen atoms in total. The van der Waals surface area contributed by atoms with Gasteiger partial charge in [0.1, 0.15) is 49.3 Å². The molecule has 11 rings (SSSR count). The van der Waals surface area contributed by atoms with Gasteiger partial charge in [-0.1, -0.05) is 265 Å². The Hall–Kier alpha value is -6.43. The minimum atomic E-state index is -1.10. The number of ether oxygens (including phenoxy) is 12. The lowest BCUT2D eigenvalue weighted by Crippen LogP contribution is -2.64. The molecule has 4 fully saturated rings. The predicted octanol–water partition coefficient (Wildman–Crippen LogP) is 15.7. The van der Waals surface area contributed by atoms with E-state index in [0.29, 0.717) is 39.1 Å². The molecule has 13 heteroatoms. The van der Waals surface area contributed by atoms with Crippen LogP contribution in [0.25, 0.3) is 0 Å². The molecule has 14 atom stereocenters. The van der Waals surface area contributed by atoms with Crippen LogP contribution >= 0.6 is 0 Å². The van der Waals surface area contributed by atoms with Gasteiger partial charge in [-0.2, -0.15) is 0 Å². The van der Waals surface area contributed by atoms with E-state index >= 15 is 4.79 Å². The number of carbonyl (C=O) groups is 1. The van der Waals surface area contributed by atoms with Crippen molar-refractivity contribution in [2.24, 2.45) is 17.3 Å². The van der Waals surface area contributed by atoms with Crippen molar-refractivity contribution in [2.45, 2.75) is 211 Å². The fourth-order valence-electron chi connectivity index (χ4n) is 13.5. The Labute approximate surface area is 551 Å². The van der Waals surface area contributed by atoms with E-state index < -0.39 is 85.7 Å². The normalized spacial score (nSPS) is 26.5. The second-order valence-corrected chi connectivity index (χ2v) is 26.7. The molecule has 0 amide bonds. The molecule has 0 bridgehead atoms. The van der Waals surface area contributed by atoms with Gasteiger partial charge in [-0.15, -0.1) is 0 Å². The summed E-state index contributed by atoms with van der Waals surface area (Å²) in [7, 11) is 0. The first-order valence-electron chi connectivity index (χ1n) is 33.9. The summed E-state index contributed by atoms with van der Waals surface area (Å²) in [5, 5.41) is 0. The van der Waals surface area contributed by atoms with Gasteiger partial charge in [-0.3, -0.25) is 0 Å². The zero-order valence-corrected chi connectivity index (χ0v) is 54.7. The van der Waals surface area contributed by atoms with Crippen LogP contribution in [0.2, 0.25) is 0 Å². The minimum Gasteiger partial charge on any atom is -0.459 e. The zero-order chi connectivity index (χ0) is 64.0. The lowest BCUT2D eigenvalue weighted by molar-refractivity contribution is -0.362. The average molecular weight is 1270 g/mol. The fourth-order valence-corrected chi connectivity index (χ4v) is 13.5. The van der Waals surface area contributed by atoms with E-state index in [4.69, 9.17) is 56.8 Å². The molecule has 2 aliphatic heterocycles. The van der Waals surface area contributed by atoms with Gasteiger partial charge >= 0.3 is 5.97 Å². The molecule has 7 aromatic carbocycles. The van der Waals surface area contributed by atoms with Gasteiger partial charge in [0.2, 0.25) is 0 Å². The van der Waals surface area contributed by atoms with E-state index in [2.05, 4.69) is 57.2 Å². The Bertz CT molecular complexity index is 3210. The van der Waals surface area contributed by atoms with Crippen molar-refractivity contribution in [3.63, 3.8) is 0 Å². The summed E-state index contributed by atoms with van der Waals surface area (Å²) in [5.41, 5.74) is 6.76. The summed E-state index contributed by atoms with van der Waals surface area (Å²) in [6.45, 7) is 10.8. The van der Waals surface area contributed by atoms with Crippen molar-refractivity contribution in [1.82, 2.24) is 0 Å². The van der Waals surface area contributed by atoms with Crippen LogP contribution in [0.4, 0.5) is 0 Å². The van der Waals surface area contributed by atoms with E-state index in [1.807, 2.05) is 183 Å². The number of carbonyl (C=O) groups excluding carboxylic acids is 1. The molecule has 2 aliphatic carbocycles. The maximum atomic E-state index is 15.1. The zero-order valence-electron chi connectivity index (χ0n) is 54.7. The Balaban J connectivity index is 0.969. The van der Waals surface area contributed by atoms with Crippen LogP contribution in [-0.2, 0) is 108 Å². The summed E-state index contributed by atoms with van der Waals surface area (Å²) in [4.78, 5) is 15.1. The largest absolute Gasteiger partial charge is 0.459 e. The standard InChI is InChI=1S/C80H96O13/c1-57-71(83-50-60-33-17-7-18-34-60)73(85-52-62-37-21-9-22-38-62)75(86-53-63-39-23-10-24-40-63)78(89-57)91-67-46-45-66(80(2,3)4)48-68(67)92-79-76(87-54-64-41-25-11-26-42-64)74(90-69(47-58-29-13-5-14-30-58)77(81)88-55-65-43-27-12-28-44-65)72(84-51-61-35-19-8-20-36-61)70(93-79)56-82-49-59-31-15-6-16-32-59/h6-12,15-28,31-44,57-58,66-76,78-79H,5,13-14,29-30,45-56H2,1-4H3/t57-,66+,67+,68+,69-,70+,71+,72-,73+,74-,75-,76+,78-,79+/m0/s1. The Morgan fingerprint density at radius 3 is 1.30 bits per heavy atom. The lowest BCUT2D eigenvalue weighted by atomic mass is 9.71. The second kappa shape index (κ2) is 34.8. The first-order valence-corrected chi connectivity index (χ1v) is 33.9. The van der Waals surface area contributed by atoms with Crippen molar-refractivity contribution < 1.29 is 61.6 Å². The molecule has 0 spiro atoms. The number of hydrogen-bond donors (Lipinski definition) is 0. The van der Waals surface area contributed by atoms with E-state index in [0.717, 1.165) is 77.5 Å². The van der Waals surface area contributed by atoms with E-state index in [-0.39, 0.29) is 50.3 Å². The third-order valence-corrected chi connectivity index (χ3v) is 18.8. The first kappa shape index (κ1) is 68.0. The fraction of sp³-hybridized carbons (Fsp3) is 0.463. The maximum Gasteiger partial charge on any atom is 0.335 e. The van der Waals surface area contributed by atoms with Crippen LogP contribution in [-0.4, -0.2) is 92.3 Å². The van der Waals surface area contributed by atoms with Crippen LogP contribution in [0.3, 0.4) is 0 Å². The van der Waals surface area contributed by atoms with Crippen molar-refractivity contribution >= 4 is 5.97 Å². The molecule has 93 heavy (non-hydrogen) atoms. The van der Waals surface area contributed by atoms with E-state index in [9.17, 15) is 0 Å². The molecule has 2 saturated heterocycles. The van der Waals surface area contributed by atoms with Gasteiger partial charge in [0.05, 0.1) is 64.6 Å². The molecular formula is C80H96O13. The molecule has 494 valence electrons. The monoisotopic (exact) mass is 1260 g/mol. The smallest absolute Gasteiger partial charge is 0.335 e. The topological polar surface area (TPSA) is 128 Å². The van der Waals surface area contributed by atoms with Crippen LogP contribution in [0.15, 0.2) is 212 Å². The Morgan fingerprint density at radius 2 is 0.828 bits per heavy atom. The molecule has 0 N–H and O–H groups in total. The highest BCUT2D eigenvalue weighted by Crippen LogP contribution is 2.44. The molecule has 7 aromatic rings. The molecule has 2 saturated carbocycles. The number of benzene rings is 7. The van der Waals surface area contributed by atoms with Gasteiger partial charge in [0.15, 0.2) is 18.7 Å². The molecule has 4 aliphatic rings. The van der Waals surface area contributed by atoms with Gasteiger partial charge in [0, 0.05) is 0 Å². The predicted molar refractivity (Wildman–Crippen MR) is 357 cm³/mol. The molecule has 0 aromatic heterocycles. The molecule has 0 unspecified atom stereocenters. The summed E-state index contributed by atoms with van der Waals surface area (Å²) in [6, 6.07) is 70.6. The third kappa shape index (κ3) is 20.1. The highest BCUT2D eigenvalue weighted by atomic mass is 16.8. The van der Waals surface area contributed by atoms with Gasteiger partial charge in [-0.25, -0.2) is 4.79 Å². The maximum absolute atomic E-state index is 15.1. The second-order valence-electron chi connectivity index (χ2n) is 26.7. The highest BCUT2D eigenvalue weighted by Gasteiger charge is 2.54. The number of hydrogen-bond acceptors (Lipinski definition) is 13. The number of esters is 1. The van der Waals surface area contributed by atoms with Crippen molar-refractivity contribution in [3.05, 3.63) is 251 Å². The first-order chi connectivity index (χ1) is 45.6. The van der Waals surface area contributed by atoms with Crippen molar-refractivity contribution in [3.8, 4) is 0 Å². The van der Waals surface area contributed by atoms with E-state index in [1.54, 1.807) is 0 Å². The molecular weight excluding hydrogens is 1170 g/mol. The highest BCUT2D eigenvalue weighted by molar-refractivity contribution is 5.74. The molecule has 0 radical (unpaired) electrons. The van der Waals surface area contributed by atoms with Gasteiger partial charge in [-0.05, 0) is 88.8 Å². The van der Waals surface area contributed by atoms with Gasteiger partial charge < -0.3 is 56.8 Å². The molecule has 2 heterocycles. The van der Waals surface area contributed by atoms with Crippen LogP contribution in [0.5, 0.6) is 0 Å². The average Bonchev–Trinajstić information content (AvgIpc) is 0.842. The Morgan fingerprint density at radius 1 is 0.430 bits per heavy atom. The summed E-state index contributed by atoms with van der Waals surface area (Å²) < 4.78 is 86.0. The summed E-state index contributed by atoms with van der Waals surface area (Å²) >= 11 is 0. The minimum absolute atomic E-state index is 0.0949. The summed E-state index contributed by atoms with van der Waals surface area (Å²) in [5.74, 6) is 0.0279. The lowest BCUT2D eigenvalue weighted by Gasteiger charge is -2.50. The van der Waals surface area contributed by atoms with Gasteiger partial charge in [0.25, 0.3) is 0 Å². The number of rotatable bonds is 30. The van der Waals surface area contributed by atoms with Crippen LogP contribution in [0.1, 0.15) is 124 Å². The van der Waals surface area contributed by atoms with Crippen molar-refractivity contribution in [2.75, 3.05) is 6.61 Å². The summed E-state index contributed by atoms with van der Waals surface area (Å²) in [6.07, 6.45) is -2.13. The SMILES string of the molecule is C[C@@H]1O[C@@H](O[C@@H]2CC[C@@H](C(C)(C)C)C[C@H]2O[C@@H]2O[C@H](COCc3ccccc3)[C@H](OCc3ccccc3)[C@H](O[C@@H](CC3CCCCC3)C(=O)OCc3ccccc3)[C@H]2OCc2ccccc2)[C@@H](OCc2ccccc2)[C@H](OCc2ccccc2)[C@@H]1OCc1ccccc1. The quantitative estimate of drug-likeness (QED) is 0.0397.